The van der Waals surface area contributed by atoms with Crippen LogP contribution < -0.4 is 15.4 Å². The predicted octanol–water partition coefficient (Wildman–Crippen LogP) is 2.70. The number of hydrogen-bond donors (Lipinski definition) is 2. The number of rotatable bonds is 6. The molecule has 134 valence electrons. The second-order valence-electron chi connectivity index (χ2n) is 5.93. The molecule has 1 unspecified atom stereocenters. The highest BCUT2D eigenvalue weighted by Gasteiger charge is 2.16. The molecular weight excluding hydrogens is 330 g/mol. The summed E-state index contributed by atoms with van der Waals surface area (Å²) < 4.78 is 5.51. The number of ether oxygens (including phenoxy) is 1. The number of amides is 2. The first-order valence-corrected chi connectivity index (χ1v) is 8.21. The molecule has 0 aromatic heterocycles. The van der Waals surface area contributed by atoms with Gasteiger partial charge in [0, 0.05) is 5.69 Å². The summed E-state index contributed by atoms with van der Waals surface area (Å²) in [6, 6.07) is 14.2. The molecule has 0 aliphatic heterocycles. The van der Waals surface area contributed by atoms with Gasteiger partial charge in [0.15, 0.2) is 6.10 Å². The minimum Gasteiger partial charge on any atom is -0.481 e. The number of anilines is 1. The molecule has 0 radical (unpaired) electrons. The van der Waals surface area contributed by atoms with Gasteiger partial charge < -0.3 is 15.4 Å². The summed E-state index contributed by atoms with van der Waals surface area (Å²) in [7, 11) is 0. The highest BCUT2D eigenvalue weighted by Crippen LogP contribution is 2.19. The third-order valence-corrected chi connectivity index (χ3v) is 3.83. The Bertz CT molecular complexity index is 818. The van der Waals surface area contributed by atoms with E-state index in [2.05, 4.69) is 10.6 Å². The summed E-state index contributed by atoms with van der Waals surface area (Å²) in [5.74, 6) is -0.223. The molecule has 0 aliphatic rings. The van der Waals surface area contributed by atoms with Gasteiger partial charge in [-0.05, 0) is 56.2 Å². The van der Waals surface area contributed by atoms with Crippen molar-refractivity contribution >= 4 is 17.5 Å². The van der Waals surface area contributed by atoms with Crippen molar-refractivity contribution in [2.24, 2.45) is 0 Å². The number of nitriles is 1. The Morgan fingerprint density at radius 2 is 1.73 bits per heavy atom. The van der Waals surface area contributed by atoms with Crippen LogP contribution in [0.4, 0.5) is 5.69 Å². The number of aryl methyl sites for hydroxylation is 2. The van der Waals surface area contributed by atoms with E-state index in [1.165, 1.54) is 0 Å². The summed E-state index contributed by atoms with van der Waals surface area (Å²) in [5, 5.41) is 14.1. The van der Waals surface area contributed by atoms with Crippen molar-refractivity contribution in [3.05, 3.63) is 59.2 Å². The van der Waals surface area contributed by atoms with Crippen molar-refractivity contribution in [1.29, 1.82) is 5.26 Å². The predicted molar refractivity (Wildman–Crippen MR) is 98.8 cm³/mol. The van der Waals surface area contributed by atoms with Gasteiger partial charge in [-0.3, -0.25) is 9.59 Å². The summed E-state index contributed by atoms with van der Waals surface area (Å²) in [6.45, 7) is 5.27. The molecule has 2 N–H and O–H groups in total. The topological polar surface area (TPSA) is 91.2 Å². The Morgan fingerprint density at radius 1 is 1.12 bits per heavy atom. The van der Waals surface area contributed by atoms with Crippen LogP contribution >= 0.6 is 0 Å². The van der Waals surface area contributed by atoms with Crippen LogP contribution in [0.5, 0.6) is 5.75 Å². The molecule has 0 saturated carbocycles. The highest BCUT2D eigenvalue weighted by molar-refractivity contribution is 5.96. The molecule has 6 heteroatoms. The molecule has 0 aliphatic carbocycles. The smallest absolute Gasteiger partial charge is 0.261 e. The van der Waals surface area contributed by atoms with E-state index in [0.29, 0.717) is 11.3 Å². The molecule has 0 fully saturated rings. The van der Waals surface area contributed by atoms with E-state index >= 15 is 0 Å². The maximum absolute atomic E-state index is 12.1. The van der Waals surface area contributed by atoms with E-state index in [1.807, 2.05) is 38.1 Å². The Morgan fingerprint density at radius 3 is 2.31 bits per heavy atom. The molecule has 0 heterocycles. The van der Waals surface area contributed by atoms with Gasteiger partial charge >= 0.3 is 0 Å². The van der Waals surface area contributed by atoms with Gasteiger partial charge in [-0.1, -0.05) is 18.2 Å². The largest absolute Gasteiger partial charge is 0.481 e. The molecule has 0 saturated heterocycles. The fourth-order valence-corrected chi connectivity index (χ4v) is 2.37. The van der Waals surface area contributed by atoms with Crippen molar-refractivity contribution in [2.45, 2.75) is 26.9 Å². The molecule has 1 atom stereocenters. The zero-order chi connectivity index (χ0) is 19.1. The maximum atomic E-state index is 12.1. The van der Waals surface area contributed by atoms with Crippen LogP contribution in [0.2, 0.25) is 0 Å². The lowest BCUT2D eigenvalue weighted by Gasteiger charge is -2.15. The average molecular weight is 351 g/mol. The fraction of sp³-hybridized carbons (Fsp3) is 0.250. The van der Waals surface area contributed by atoms with Crippen LogP contribution in [0.15, 0.2) is 42.5 Å². The molecule has 0 bridgehead atoms. The summed E-state index contributed by atoms with van der Waals surface area (Å²) in [4.78, 5) is 24.2. The molecule has 2 aromatic rings. The maximum Gasteiger partial charge on any atom is 0.261 e. The number of nitrogens with zero attached hydrogens (tertiary/aromatic N) is 1. The third-order valence-electron chi connectivity index (χ3n) is 3.83. The van der Waals surface area contributed by atoms with Gasteiger partial charge in [0.05, 0.1) is 18.2 Å². The second kappa shape index (κ2) is 8.67. The first-order chi connectivity index (χ1) is 12.4. The van der Waals surface area contributed by atoms with Crippen molar-refractivity contribution in [1.82, 2.24) is 5.32 Å². The van der Waals surface area contributed by atoms with Crippen LogP contribution in [-0.2, 0) is 9.59 Å². The van der Waals surface area contributed by atoms with Gasteiger partial charge in [-0.2, -0.15) is 5.26 Å². The average Bonchev–Trinajstić information content (AvgIpc) is 2.63. The van der Waals surface area contributed by atoms with Gasteiger partial charge in [-0.15, -0.1) is 0 Å². The Hall–Kier alpha value is -3.33. The normalized spacial score (nSPS) is 11.2. The monoisotopic (exact) mass is 351 g/mol. The van der Waals surface area contributed by atoms with Gasteiger partial charge in [0.2, 0.25) is 5.91 Å². The Balaban J connectivity index is 1.85. The molecule has 26 heavy (non-hydrogen) atoms. The van der Waals surface area contributed by atoms with Gasteiger partial charge in [0.25, 0.3) is 5.91 Å². The molecule has 2 aromatic carbocycles. The lowest BCUT2D eigenvalue weighted by molar-refractivity contribution is -0.129. The zero-order valence-corrected chi connectivity index (χ0v) is 15.0. The molecular formula is C20H21N3O3. The van der Waals surface area contributed by atoms with Gasteiger partial charge in [0.1, 0.15) is 5.75 Å². The molecule has 2 amide bonds. The number of hydrogen-bond acceptors (Lipinski definition) is 4. The fourth-order valence-electron chi connectivity index (χ4n) is 2.37. The lowest BCUT2D eigenvalue weighted by atomic mass is 10.1. The minimum absolute atomic E-state index is 0.145. The first kappa shape index (κ1) is 19.0. The molecule has 6 nitrogen and oxygen atoms in total. The van der Waals surface area contributed by atoms with E-state index in [1.54, 1.807) is 31.2 Å². The van der Waals surface area contributed by atoms with Crippen molar-refractivity contribution < 1.29 is 14.3 Å². The third kappa shape index (κ3) is 5.08. The van der Waals surface area contributed by atoms with Crippen molar-refractivity contribution in [3.63, 3.8) is 0 Å². The van der Waals surface area contributed by atoms with E-state index in [4.69, 9.17) is 10.00 Å². The van der Waals surface area contributed by atoms with Crippen LogP contribution in [0.3, 0.4) is 0 Å². The SMILES string of the molecule is Cc1cccc(C)c1NC(=O)CNC(=O)C(C)Oc1ccc(C#N)cc1. The number of para-hydroxylation sites is 1. The Labute approximate surface area is 152 Å². The van der Waals surface area contributed by atoms with Crippen LogP contribution in [0.25, 0.3) is 0 Å². The van der Waals surface area contributed by atoms with E-state index in [0.717, 1.165) is 16.8 Å². The van der Waals surface area contributed by atoms with Crippen molar-refractivity contribution in [3.8, 4) is 11.8 Å². The zero-order valence-electron chi connectivity index (χ0n) is 15.0. The first-order valence-electron chi connectivity index (χ1n) is 8.21. The Kier molecular flexibility index (Phi) is 6.34. The number of benzene rings is 2. The second-order valence-corrected chi connectivity index (χ2v) is 5.93. The van der Waals surface area contributed by atoms with E-state index < -0.39 is 12.0 Å². The summed E-state index contributed by atoms with van der Waals surface area (Å²) in [5.41, 5.74) is 3.19. The quantitative estimate of drug-likeness (QED) is 0.837. The number of carbonyl (C=O) groups excluding carboxylic acids is 2. The standard InChI is InChI=1S/C20H21N3O3/c1-13-5-4-6-14(2)19(13)23-18(24)12-22-20(25)15(3)26-17-9-7-16(11-21)8-10-17/h4-10,15H,12H2,1-3H3,(H,22,25)(H,23,24). The summed E-state index contributed by atoms with van der Waals surface area (Å²) in [6.07, 6.45) is -0.768. The summed E-state index contributed by atoms with van der Waals surface area (Å²) >= 11 is 0. The highest BCUT2D eigenvalue weighted by atomic mass is 16.5. The van der Waals surface area contributed by atoms with Crippen LogP contribution in [0.1, 0.15) is 23.6 Å². The minimum atomic E-state index is -0.768. The van der Waals surface area contributed by atoms with E-state index in [9.17, 15) is 9.59 Å². The lowest BCUT2D eigenvalue weighted by Crippen LogP contribution is -2.40. The van der Waals surface area contributed by atoms with Crippen LogP contribution in [0, 0.1) is 25.2 Å². The van der Waals surface area contributed by atoms with Crippen molar-refractivity contribution in [2.75, 3.05) is 11.9 Å². The molecule has 2 rings (SSSR count). The molecule has 0 spiro atoms. The van der Waals surface area contributed by atoms with Crippen LogP contribution in [-0.4, -0.2) is 24.5 Å². The van der Waals surface area contributed by atoms with Gasteiger partial charge in [-0.25, -0.2) is 0 Å². The van der Waals surface area contributed by atoms with E-state index in [-0.39, 0.29) is 12.5 Å². The number of nitrogens with one attached hydrogen (secondary N) is 2. The number of carbonyl (C=O) groups is 2.